The number of thioether (sulfide) groups is 1. The first-order chi connectivity index (χ1) is 6.70. The van der Waals surface area contributed by atoms with Gasteiger partial charge in [0.05, 0.1) is 0 Å². The molecule has 0 aromatic heterocycles. The average Bonchev–Trinajstić information content (AvgIpc) is 2.22. The number of rotatable bonds is 8. The lowest BCUT2D eigenvalue weighted by Crippen LogP contribution is -2.29. The first-order valence-corrected chi connectivity index (χ1v) is 6.06. The lowest BCUT2D eigenvalue weighted by molar-refractivity contribution is -0.121. The zero-order valence-corrected chi connectivity index (χ0v) is 9.61. The number of hydrogen-bond donors (Lipinski definition) is 3. The van der Waals surface area contributed by atoms with Gasteiger partial charge in [-0.05, 0) is 18.6 Å². The van der Waals surface area contributed by atoms with Crippen molar-refractivity contribution in [3.8, 4) is 0 Å². The van der Waals surface area contributed by atoms with Crippen molar-refractivity contribution in [2.24, 2.45) is 11.6 Å². The Hall–Kier alpha value is -0.260. The largest absolute Gasteiger partial charge is 0.329 e. The highest BCUT2D eigenvalue weighted by Crippen LogP contribution is 2.12. The van der Waals surface area contributed by atoms with Crippen LogP contribution in [-0.2, 0) is 4.79 Å². The standard InChI is InChI=1S/C9H21N3OS/c1-8(7-10)14-6-4-2-3-5-9(13)12-11/h8H,2-7,10-11H2,1H3,(H,12,13). The van der Waals surface area contributed by atoms with Gasteiger partial charge in [-0.25, -0.2) is 5.84 Å². The smallest absolute Gasteiger partial charge is 0.233 e. The molecule has 0 aromatic carbocycles. The first-order valence-electron chi connectivity index (χ1n) is 5.01. The molecule has 84 valence electrons. The molecule has 0 saturated heterocycles. The van der Waals surface area contributed by atoms with E-state index in [1.54, 1.807) is 0 Å². The van der Waals surface area contributed by atoms with Crippen LogP contribution in [0.1, 0.15) is 32.6 Å². The topological polar surface area (TPSA) is 81.1 Å². The minimum Gasteiger partial charge on any atom is -0.329 e. The molecule has 5 N–H and O–H groups in total. The SMILES string of the molecule is CC(CN)SCCCCCC(=O)NN. The molecular weight excluding hydrogens is 198 g/mol. The summed E-state index contributed by atoms with van der Waals surface area (Å²) in [6.45, 7) is 2.87. The third-order valence-corrected chi connectivity index (χ3v) is 3.23. The zero-order valence-electron chi connectivity index (χ0n) is 8.79. The Morgan fingerprint density at radius 1 is 1.43 bits per heavy atom. The number of amides is 1. The number of unbranched alkanes of at least 4 members (excludes halogenated alkanes) is 2. The molecule has 0 aliphatic rings. The molecule has 0 bridgehead atoms. The molecule has 0 aliphatic carbocycles. The molecule has 4 nitrogen and oxygen atoms in total. The van der Waals surface area contributed by atoms with E-state index in [0.717, 1.165) is 31.6 Å². The minimum absolute atomic E-state index is 0.0759. The maximum atomic E-state index is 10.7. The highest BCUT2D eigenvalue weighted by atomic mass is 32.2. The van der Waals surface area contributed by atoms with Gasteiger partial charge in [0.1, 0.15) is 0 Å². The van der Waals surface area contributed by atoms with E-state index in [0.29, 0.717) is 11.7 Å². The van der Waals surface area contributed by atoms with Crippen molar-refractivity contribution in [2.45, 2.75) is 37.9 Å². The van der Waals surface area contributed by atoms with E-state index in [4.69, 9.17) is 11.6 Å². The molecule has 1 unspecified atom stereocenters. The lowest BCUT2D eigenvalue weighted by Gasteiger charge is -2.07. The Morgan fingerprint density at radius 3 is 2.71 bits per heavy atom. The van der Waals surface area contributed by atoms with Crippen molar-refractivity contribution in [3.63, 3.8) is 0 Å². The van der Waals surface area contributed by atoms with Crippen molar-refractivity contribution < 1.29 is 4.79 Å². The number of hydrogen-bond acceptors (Lipinski definition) is 4. The summed E-state index contributed by atoms with van der Waals surface area (Å²) >= 11 is 1.89. The summed E-state index contributed by atoms with van der Waals surface area (Å²) in [5.74, 6) is 6.00. The van der Waals surface area contributed by atoms with Crippen LogP contribution in [-0.4, -0.2) is 23.5 Å². The third kappa shape index (κ3) is 8.34. The van der Waals surface area contributed by atoms with E-state index in [1.807, 2.05) is 11.8 Å². The fourth-order valence-corrected chi connectivity index (χ4v) is 1.90. The monoisotopic (exact) mass is 219 g/mol. The van der Waals surface area contributed by atoms with Crippen LogP contribution < -0.4 is 17.0 Å². The van der Waals surface area contributed by atoms with Gasteiger partial charge in [0.15, 0.2) is 0 Å². The van der Waals surface area contributed by atoms with E-state index in [-0.39, 0.29) is 5.91 Å². The van der Waals surface area contributed by atoms with Crippen LogP contribution in [0.3, 0.4) is 0 Å². The molecule has 1 amide bonds. The molecule has 0 aliphatic heterocycles. The summed E-state index contributed by atoms with van der Waals surface area (Å²) in [7, 11) is 0. The van der Waals surface area contributed by atoms with E-state index < -0.39 is 0 Å². The summed E-state index contributed by atoms with van der Waals surface area (Å²) in [4.78, 5) is 10.7. The van der Waals surface area contributed by atoms with Crippen LogP contribution >= 0.6 is 11.8 Å². The molecular formula is C9H21N3OS. The van der Waals surface area contributed by atoms with Gasteiger partial charge in [0.2, 0.25) is 5.91 Å². The van der Waals surface area contributed by atoms with Crippen molar-refractivity contribution in [3.05, 3.63) is 0 Å². The molecule has 0 rings (SSSR count). The van der Waals surface area contributed by atoms with Crippen molar-refractivity contribution in [1.29, 1.82) is 0 Å². The van der Waals surface area contributed by atoms with Crippen LogP contribution in [0.15, 0.2) is 0 Å². The zero-order chi connectivity index (χ0) is 10.8. The van der Waals surface area contributed by atoms with Crippen LogP contribution in [0.2, 0.25) is 0 Å². The van der Waals surface area contributed by atoms with Gasteiger partial charge in [-0.1, -0.05) is 13.3 Å². The molecule has 0 spiro atoms. The van der Waals surface area contributed by atoms with E-state index in [9.17, 15) is 4.79 Å². The number of carbonyl (C=O) groups excluding carboxylic acids is 1. The Balaban J connectivity index is 3.10. The predicted octanol–water partition coefficient (Wildman–Crippen LogP) is 0.617. The van der Waals surface area contributed by atoms with Gasteiger partial charge in [-0.2, -0.15) is 11.8 Å². The maximum Gasteiger partial charge on any atom is 0.233 e. The fourth-order valence-electron chi connectivity index (χ4n) is 0.989. The molecule has 0 heterocycles. The van der Waals surface area contributed by atoms with Gasteiger partial charge >= 0.3 is 0 Å². The van der Waals surface area contributed by atoms with Crippen LogP contribution in [0.5, 0.6) is 0 Å². The number of carbonyl (C=O) groups is 1. The summed E-state index contributed by atoms with van der Waals surface area (Å²) in [6.07, 6.45) is 3.68. The second-order valence-electron chi connectivity index (χ2n) is 3.30. The maximum absolute atomic E-state index is 10.7. The highest BCUT2D eigenvalue weighted by Gasteiger charge is 2.00. The highest BCUT2D eigenvalue weighted by molar-refractivity contribution is 7.99. The van der Waals surface area contributed by atoms with Crippen molar-refractivity contribution in [2.75, 3.05) is 12.3 Å². The first kappa shape index (κ1) is 13.7. The second kappa shape index (κ2) is 9.30. The van der Waals surface area contributed by atoms with Gasteiger partial charge in [0, 0.05) is 18.2 Å². The van der Waals surface area contributed by atoms with Gasteiger partial charge in [-0.3, -0.25) is 10.2 Å². The molecule has 1 atom stereocenters. The average molecular weight is 219 g/mol. The number of nitrogens with one attached hydrogen (secondary N) is 1. The molecule has 5 heteroatoms. The Kier molecular flexibility index (Phi) is 9.13. The minimum atomic E-state index is -0.0759. The lowest BCUT2D eigenvalue weighted by atomic mass is 10.2. The Bertz CT molecular complexity index is 155. The normalized spacial score (nSPS) is 12.5. The third-order valence-electron chi connectivity index (χ3n) is 1.94. The summed E-state index contributed by atoms with van der Waals surface area (Å²) in [6, 6.07) is 0. The molecule has 14 heavy (non-hydrogen) atoms. The quantitative estimate of drug-likeness (QED) is 0.242. The summed E-state index contributed by atoms with van der Waals surface area (Å²) < 4.78 is 0. The second-order valence-corrected chi connectivity index (χ2v) is 4.84. The van der Waals surface area contributed by atoms with Crippen molar-refractivity contribution in [1.82, 2.24) is 5.43 Å². The molecule has 0 saturated carbocycles. The van der Waals surface area contributed by atoms with E-state index in [2.05, 4.69) is 12.3 Å². The Morgan fingerprint density at radius 2 is 2.14 bits per heavy atom. The molecule has 0 aromatic rings. The van der Waals surface area contributed by atoms with Crippen molar-refractivity contribution >= 4 is 17.7 Å². The number of nitrogens with two attached hydrogens (primary N) is 2. The van der Waals surface area contributed by atoms with Gasteiger partial charge in [0.25, 0.3) is 0 Å². The predicted molar refractivity (Wildman–Crippen MR) is 61.8 cm³/mol. The van der Waals surface area contributed by atoms with Crippen LogP contribution in [0.25, 0.3) is 0 Å². The van der Waals surface area contributed by atoms with Crippen LogP contribution in [0, 0.1) is 0 Å². The van der Waals surface area contributed by atoms with E-state index >= 15 is 0 Å². The van der Waals surface area contributed by atoms with Gasteiger partial charge in [-0.15, -0.1) is 0 Å². The Labute approximate surface area is 90.1 Å². The molecule has 0 fully saturated rings. The summed E-state index contributed by atoms with van der Waals surface area (Å²) in [5.41, 5.74) is 7.61. The van der Waals surface area contributed by atoms with Gasteiger partial charge < -0.3 is 5.73 Å². The van der Waals surface area contributed by atoms with E-state index in [1.165, 1.54) is 0 Å². The van der Waals surface area contributed by atoms with Crippen LogP contribution in [0.4, 0.5) is 0 Å². The fraction of sp³-hybridized carbons (Fsp3) is 0.889. The summed E-state index contributed by atoms with van der Waals surface area (Å²) in [5, 5.41) is 0.544. The number of hydrazine groups is 1. The molecule has 0 radical (unpaired) electrons.